The first-order valence-corrected chi connectivity index (χ1v) is 10.1. The van der Waals surface area contributed by atoms with Crippen LogP contribution in [0.3, 0.4) is 0 Å². The second kappa shape index (κ2) is 8.47. The van der Waals surface area contributed by atoms with Gasteiger partial charge in [-0.3, -0.25) is 14.5 Å². The topological polar surface area (TPSA) is 46.8 Å². The molecule has 0 saturated carbocycles. The summed E-state index contributed by atoms with van der Waals surface area (Å²) in [6, 6.07) is 14.5. The van der Waals surface area contributed by atoms with Crippen molar-refractivity contribution in [2.45, 2.75) is 36.7 Å². The highest BCUT2D eigenvalue weighted by molar-refractivity contribution is 7.98. The number of hydrogen-bond donors (Lipinski definition) is 0. The highest BCUT2D eigenvalue weighted by Gasteiger charge is 2.18. The van der Waals surface area contributed by atoms with Crippen LogP contribution >= 0.6 is 11.8 Å². The van der Waals surface area contributed by atoms with Crippen LogP contribution in [0.5, 0.6) is 0 Å². The molecule has 1 fully saturated rings. The van der Waals surface area contributed by atoms with Crippen LogP contribution in [0.4, 0.5) is 0 Å². The second-order valence-electron chi connectivity index (χ2n) is 6.56. The van der Waals surface area contributed by atoms with Crippen LogP contribution in [0.25, 0.3) is 5.69 Å². The van der Waals surface area contributed by atoms with Gasteiger partial charge in [0.15, 0.2) is 11.0 Å². The molecule has 134 valence electrons. The molecule has 0 aliphatic carbocycles. The standard InChI is InChI=1S/C20H23N5S/c1-3-9-18(10-4-1)25-19(15-24-12-5-2-6-13-24)22-23-20(25)26-16-17-8-7-11-21-14-17/h1,3-4,7-11,14H,2,5-6,12-13,15-16H2. The molecule has 0 unspecified atom stereocenters. The molecule has 0 amide bonds. The number of piperidine rings is 1. The van der Waals surface area contributed by atoms with Gasteiger partial charge in [-0.05, 0) is 49.7 Å². The zero-order chi connectivity index (χ0) is 17.6. The van der Waals surface area contributed by atoms with E-state index in [1.807, 2.05) is 18.3 Å². The molecule has 0 radical (unpaired) electrons. The number of para-hydroxylation sites is 1. The summed E-state index contributed by atoms with van der Waals surface area (Å²) < 4.78 is 2.20. The van der Waals surface area contributed by atoms with Gasteiger partial charge in [-0.25, -0.2) is 0 Å². The molecule has 26 heavy (non-hydrogen) atoms. The quantitative estimate of drug-likeness (QED) is 0.619. The minimum atomic E-state index is 0.836. The number of aromatic nitrogens is 4. The lowest BCUT2D eigenvalue weighted by atomic mass is 10.1. The average Bonchev–Trinajstić information content (AvgIpc) is 3.11. The maximum Gasteiger partial charge on any atom is 0.196 e. The molecule has 0 spiro atoms. The Hall–Kier alpha value is -2.18. The molecule has 0 atom stereocenters. The number of likely N-dealkylation sites (tertiary alicyclic amines) is 1. The zero-order valence-corrected chi connectivity index (χ0v) is 15.6. The number of thioether (sulfide) groups is 1. The first-order chi connectivity index (χ1) is 12.9. The van der Waals surface area contributed by atoms with E-state index in [2.05, 4.69) is 55.0 Å². The number of nitrogens with zero attached hydrogens (tertiary/aromatic N) is 5. The Labute approximate surface area is 158 Å². The molecule has 5 nitrogen and oxygen atoms in total. The summed E-state index contributed by atoms with van der Waals surface area (Å²) in [7, 11) is 0. The average molecular weight is 366 g/mol. The number of hydrogen-bond acceptors (Lipinski definition) is 5. The third-order valence-corrected chi connectivity index (χ3v) is 5.62. The molecule has 6 heteroatoms. The molecule has 1 aliphatic rings. The monoisotopic (exact) mass is 365 g/mol. The summed E-state index contributed by atoms with van der Waals surface area (Å²) in [6.07, 6.45) is 7.61. The molecule has 3 aromatic rings. The van der Waals surface area contributed by atoms with E-state index in [0.29, 0.717) is 0 Å². The van der Waals surface area contributed by atoms with Crippen LogP contribution in [0.2, 0.25) is 0 Å². The SMILES string of the molecule is c1ccc(-n2c(CN3CCCCC3)nnc2SCc2cccnc2)cc1. The van der Waals surface area contributed by atoms with Crippen molar-refractivity contribution in [3.8, 4) is 5.69 Å². The van der Waals surface area contributed by atoms with Crippen LogP contribution < -0.4 is 0 Å². The smallest absolute Gasteiger partial charge is 0.196 e. The molecule has 4 rings (SSSR count). The van der Waals surface area contributed by atoms with E-state index < -0.39 is 0 Å². The van der Waals surface area contributed by atoms with Crippen molar-refractivity contribution in [2.75, 3.05) is 13.1 Å². The summed E-state index contributed by atoms with van der Waals surface area (Å²) in [4.78, 5) is 6.69. The lowest BCUT2D eigenvalue weighted by molar-refractivity contribution is 0.214. The predicted octanol–water partition coefficient (Wildman–Crippen LogP) is 3.94. The van der Waals surface area contributed by atoms with E-state index in [1.165, 1.54) is 24.8 Å². The Balaban J connectivity index is 1.58. The summed E-state index contributed by atoms with van der Waals surface area (Å²) in [5, 5.41) is 9.97. The second-order valence-corrected chi connectivity index (χ2v) is 7.50. The van der Waals surface area contributed by atoms with Gasteiger partial charge < -0.3 is 0 Å². The molecule has 1 aliphatic heterocycles. The Morgan fingerprint density at radius 2 is 1.77 bits per heavy atom. The first kappa shape index (κ1) is 17.2. The summed E-state index contributed by atoms with van der Waals surface area (Å²) in [5.41, 5.74) is 2.32. The molecule has 3 heterocycles. The minimum absolute atomic E-state index is 0.836. The zero-order valence-electron chi connectivity index (χ0n) is 14.8. The van der Waals surface area contributed by atoms with Crippen LogP contribution in [0.15, 0.2) is 60.0 Å². The number of rotatable bonds is 6. The maximum absolute atomic E-state index is 4.53. The van der Waals surface area contributed by atoms with Gasteiger partial charge in [-0.15, -0.1) is 10.2 Å². The highest BCUT2D eigenvalue weighted by Crippen LogP contribution is 2.26. The van der Waals surface area contributed by atoms with E-state index in [4.69, 9.17) is 0 Å². The normalized spacial score (nSPS) is 15.2. The van der Waals surface area contributed by atoms with Gasteiger partial charge in [0.1, 0.15) is 0 Å². The van der Waals surface area contributed by atoms with Gasteiger partial charge in [0.25, 0.3) is 0 Å². The fourth-order valence-corrected chi connectivity index (χ4v) is 4.19. The van der Waals surface area contributed by atoms with Crippen molar-refractivity contribution in [3.63, 3.8) is 0 Å². The van der Waals surface area contributed by atoms with Crippen molar-refractivity contribution in [1.82, 2.24) is 24.6 Å². The Bertz CT molecular complexity index is 813. The van der Waals surface area contributed by atoms with Gasteiger partial charge in [-0.2, -0.15) is 0 Å². The predicted molar refractivity (Wildman–Crippen MR) is 104 cm³/mol. The Morgan fingerprint density at radius 3 is 2.54 bits per heavy atom. The maximum atomic E-state index is 4.53. The van der Waals surface area contributed by atoms with E-state index >= 15 is 0 Å². The number of pyridine rings is 1. The van der Waals surface area contributed by atoms with Gasteiger partial charge >= 0.3 is 0 Å². The van der Waals surface area contributed by atoms with Crippen molar-refractivity contribution >= 4 is 11.8 Å². The Kier molecular flexibility index (Phi) is 5.62. The Morgan fingerprint density at radius 1 is 0.923 bits per heavy atom. The number of benzene rings is 1. The molecule has 1 aromatic carbocycles. The molecular formula is C20H23N5S. The van der Waals surface area contributed by atoms with E-state index in [-0.39, 0.29) is 0 Å². The minimum Gasteiger partial charge on any atom is -0.296 e. The third kappa shape index (κ3) is 4.14. The van der Waals surface area contributed by atoms with Crippen molar-refractivity contribution in [2.24, 2.45) is 0 Å². The van der Waals surface area contributed by atoms with Crippen LogP contribution in [0.1, 0.15) is 30.7 Å². The summed E-state index contributed by atoms with van der Waals surface area (Å²) in [6.45, 7) is 3.16. The lowest BCUT2D eigenvalue weighted by Crippen LogP contribution is -2.30. The highest BCUT2D eigenvalue weighted by atomic mass is 32.2. The van der Waals surface area contributed by atoms with Gasteiger partial charge in [-0.1, -0.05) is 42.4 Å². The van der Waals surface area contributed by atoms with Crippen molar-refractivity contribution in [1.29, 1.82) is 0 Å². The van der Waals surface area contributed by atoms with Gasteiger partial charge in [0.05, 0.1) is 6.54 Å². The third-order valence-electron chi connectivity index (χ3n) is 4.62. The summed E-state index contributed by atoms with van der Waals surface area (Å²) >= 11 is 1.71. The van der Waals surface area contributed by atoms with Gasteiger partial charge in [0.2, 0.25) is 0 Å². The van der Waals surface area contributed by atoms with Crippen molar-refractivity contribution in [3.05, 3.63) is 66.2 Å². The fraction of sp³-hybridized carbons (Fsp3) is 0.350. The van der Waals surface area contributed by atoms with E-state index in [1.54, 1.807) is 18.0 Å². The largest absolute Gasteiger partial charge is 0.296 e. The summed E-state index contributed by atoms with van der Waals surface area (Å²) in [5.74, 6) is 1.86. The van der Waals surface area contributed by atoms with E-state index in [0.717, 1.165) is 42.1 Å². The van der Waals surface area contributed by atoms with Crippen LogP contribution in [-0.2, 0) is 12.3 Å². The van der Waals surface area contributed by atoms with Crippen LogP contribution in [0, 0.1) is 0 Å². The molecule has 0 bridgehead atoms. The molecule has 2 aromatic heterocycles. The van der Waals surface area contributed by atoms with E-state index in [9.17, 15) is 0 Å². The molecule has 1 saturated heterocycles. The molecule has 0 N–H and O–H groups in total. The van der Waals surface area contributed by atoms with Crippen molar-refractivity contribution < 1.29 is 0 Å². The van der Waals surface area contributed by atoms with Crippen LogP contribution in [-0.4, -0.2) is 37.7 Å². The first-order valence-electron chi connectivity index (χ1n) is 9.14. The van der Waals surface area contributed by atoms with Gasteiger partial charge in [0, 0.05) is 23.8 Å². The molecular weight excluding hydrogens is 342 g/mol. The lowest BCUT2D eigenvalue weighted by Gasteiger charge is -2.26. The fourth-order valence-electron chi connectivity index (χ4n) is 3.28.